The molecule has 0 unspecified atom stereocenters. The third-order valence-corrected chi connectivity index (χ3v) is 4.74. The zero-order valence-electron chi connectivity index (χ0n) is 13.0. The summed E-state index contributed by atoms with van der Waals surface area (Å²) in [6.07, 6.45) is 1.69. The van der Waals surface area contributed by atoms with Gasteiger partial charge in [-0.2, -0.15) is 0 Å². The van der Waals surface area contributed by atoms with E-state index >= 15 is 0 Å². The molecular formula is C18H15ClN2O2S. The molecule has 2 aromatic rings. The average molecular weight is 359 g/mol. The Labute approximate surface area is 149 Å². The van der Waals surface area contributed by atoms with Crippen LogP contribution in [-0.4, -0.2) is 22.7 Å². The number of nitrogens with one attached hydrogen (secondary N) is 1. The number of halogens is 1. The van der Waals surface area contributed by atoms with E-state index in [9.17, 15) is 9.59 Å². The van der Waals surface area contributed by atoms with Crippen molar-refractivity contribution < 1.29 is 9.59 Å². The number of carbonyl (C=O) groups is 2. The first-order chi connectivity index (χ1) is 11.5. The molecule has 0 saturated carbocycles. The molecule has 0 spiro atoms. The van der Waals surface area contributed by atoms with Crippen molar-refractivity contribution in [1.82, 2.24) is 4.90 Å². The minimum absolute atomic E-state index is 0.141. The van der Waals surface area contributed by atoms with Gasteiger partial charge in [0.05, 0.1) is 11.6 Å². The Morgan fingerprint density at radius 1 is 1.17 bits per heavy atom. The molecule has 6 heteroatoms. The number of aryl methyl sites for hydroxylation is 1. The predicted octanol–water partition coefficient (Wildman–Crippen LogP) is 4.75. The van der Waals surface area contributed by atoms with Crippen molar-refractivity contribution in [2.45, 2.75) is 6.92 Å². The maximum atomic E-state index is 12.5. The predicted molar refractivity (Wildman–Crippen MR) is 98.9 cm³/mol. The summed E-state index contributed by atoms with van der Waals surface area (Å²) in [5.41, 5.74) is 2.74. The second kappa shape index (κ2) is 7.11. The number of hydrogen-bond acceptors (Lipinski definition) is 4. The second-order valence-electron chi connectivity index (χ2n) is 5.31. The number of rotatable bonds is 4. The van der Waals surface area contributed by atoms with E-state index < -0.39 is 0 Å². The molecule has 1 aliphatic rings. The van der Waals surface area contributed by atoms with E-state index in [4.69, 9.17) is 11.6 Å². The van der Waals surface area contributed by atoms with Crippen LogP contribution < -0.4 is 5.32 Å². The van der Waals surface area contributed by atoms with E-state index in [0.717, 1.165) is 28.6 Å². The number of anilines is 1. The lowest BCUT2D eigenvalue weighted by Crippen LogP contribution is -2.33. The number of carbonyl (C=O) groups excluding carboxylic acids is 2. The maximum Gasteiger partial charge on any atom is 0.295 e. The van der Waals surface area contributed by atoms with Gasteiger partial charge in [-0.25, -0.2) is 0 Å². The molecule has 1 aliphatic heterocycles. The van der Waals surface area contributed by atoms with Crippen LogP contribution in [0.25, 0.3) is 6.08 Å². The number of imide groups is 1. The van der Waals surface area contributed by atoms with Crippen molar-refractivity contribution in [3.8, 4) is 0 Å². The van der Waals surface area contributed by atoms with Crippen molar-refractivity contribution in [3.05, 3.63) is 69.6 Å². The third-order valence-electron chi connectivity index (χ3n) is 3.59. The summed E-state index contributed by atoms with van der Waals surface area (Å²) in [4.78, 5) is 26.2. The SMILES string of the molecule is Cc1ccccc1NCN1C(=O)SC(=Cc2cccc(Cl)c2)C1=O. The fraction of sp³-hybridized carbons (Fsp3) is 0.111. The monoisotopic (exact) mass is 358 g/mol. The van der Waals surface area contributed by atoms with Gasteiger partial charge in [0, 0.05) is 10.7 Å². The van der Waals surface area contributed by atoms with Gasteiger partial charge in [0.15, 0.2) is 0 Å². The normalized spacial score (nSPS) is 16.1. The molecule has 0 radical (unpaired) electrons. The first kappa shape index (κ1) is 16.6. The smallest absolute Gasteiger partial charge is 0.295 e. The molecule has 1 saturated heterocycles. The van der Waals surface area contributed by atoms with E-state index in [1.54, 1.807) is 24.3 Å². The number of nitrogens with zero attached hydrogens (tertiary/aromatic N) is 1. The van der Waals surface area contributed by atoms with Crippen LogP contribution >= 0.6 is 23.4 Å². The highest BCUT2D eigenvalue weighted by Gasteiger charge is 2.34. The summed E-state index contributed by atoms with van der Waals surface area (Å²) in [6, 6.07) is 14.9. The lowest BCUT2D eigenvalue weighted by Gasteiger charge is -2.15. The van der Waals surface area contributed by atoms with Gasteiger partial charge in [-0.15, -0.1) is 0 Å². The largest absolute Gasteiger partial charge is 0.367 e. The Balaban J connectivity index is 1.73. The van der Waals surface area contributed by atoms with Gasteiger partial charge in [0.25, 0.3) is 11.1 Å². The van der Waals surface area contributed by atoms with Gasteiger partial charge in [-0.3, -0.25) is 14.5 Å². The first-order valence-corrected chi connectivity index (χ1v) is 8.54. The molecule has 1 N–H and O–H groups in total. The maximum absolute atomic E-state index is 12.5. The molecule has 0 bridgehead atoms. The Morgan fingerprint density at radius 2 is 1.96 bits per heavy atom. The molecule has 0 aromatic heterocycles. The van der Waals surface area contributed by atoms with Crippen LogP contribution in [0.2, 0.25) is 5.02 Å². The lowest BCUT2D eigenvalue weighted by atomic mass is 10.2. The van der Waals surface area contributed by atoms with E-state index in [1.165, 1.54) is 4.90 Å². The highest BCUT2D eigenvalue weighted by molar-refractivity contribution is 8.18. The minimum atomic E-state index is -0.300. The van der Waals surface area contributed by atoms with Gasteiger partial charge >= 0.3 is 0 Å². The molecule has 2 amide bonds. The van der Waals surface area contributed by atoms with Gasteiger partial charge < -0.3 is 5.32 Å². The molecule has 122 valence electrons. The first-order valence-electron chi connectivity index (χ1n) is 7.35. The minimum Gasteiger partial charge on any atom is -0.367 e. The van der Waals surface area contributed by atoms with Crippen molar-refractivity contribution in [2.75, 3.05) is 12.0 Å². The van der Waals surface area contributed by atoms with Crippen LogP contribution in [0.4, 0.5) is 10.5 Å². The summed E-state index contributed by atoms with van der Waals surface area (Å²) < 4.78 is 0. The Morgan fingerprint density at radius 3 is 2.71 bits per heavy atom. The lowest BCUT2D eigenvalue weighted by molar-refractivity contribution is -0.122. The van der Waals surface area contributed by atoms with Crippen LogP contribution in [0, 0.1) is 6.92 Å². The van der Waals surface area contributed by atoms with Crippen molar-refractivity contribution in [3.63, 3.8) is 0 Å². The van der Waals surface area contributed by atoms with Crippen molar-refractivity contribution in [1.29, 1.82) is 0 Å². The van der Waals surface area contributed by atoms with Crippen molar-refractivity contribution in [2.24, 2.45) is 0 Å². The Bertz CT molecular complexity index is 835. The topological polar surface area (TPSA) is 49.4 Å². The second-order valence-corrected chi connectivity index (χ2v) is 6.74. The van der Waals surface area contributed by atoms with E-state index in [1.807, 2.05) is 37.3 Å². The molecule has 1 fully saturated rings. The van der Waals surface area contributed by atoms with E-state index in [0.29, 0.717) is 9.93 Å². The molecule has 4 nitrogen and oxygen atoms in total. The summed E-state index contributed by atoms with van der Waals surface area (Å²) in [6.45, 7) is 2.11. The molecule has 0 aliphatic carbocycles. The summed E-state index contributed by atoms with van der Waals surface area (Å²) >= 11 is 6.89. The van der Waals surface area contributed by atoms with Crippen molar-refractivity contribution >= 4 is 46.3 Å². The highest BCUT2D eigenvalue weighted by atomic mass is 35.5. The van der Waals surface area contributed by atoms with Crippen LogP contribution in [0.5, 0.6) is 0 Å². The van der Waals surface area contributed by atoms with Crippen LogP contribution in [0.1, 0.15) is 11.1 Å². The molecular weight excluding hydrogens is 344 g/mol. The van der Waals surface area contributed by atoms with Gasteiger partial charge in [-0.05, 0) is 54.1 Å². The average Bonchev–Trinajstić information content (AvgIpc) is 2.81. The van der Waals surface area contributed by atoms with Crippen LogP contribution in [0.3, 0.4) is 0 Å². The fourth-order valence-corrected chi connectivity index (χ4v) is 3.36. The zero-order valence-corrected chi connectivity index (χ0v) is 14.5. The van der Waals surface area contributed by atoms with Gasteiger partial charge in [0.2, 0.25) is 0 Å². The van der Waals surface area contributed by atoms with Crippen LogP contribution in [0.15, 0.2) is 53.4 Å². The number of para-hydroxylation sites is 1. The standard InChI is InChI=1S/C18H15ClN2O2S/c1-12-5-2-3-8-15(12)20-11-21-17(22)16(24-18(21)23)10-13-6-4-7-14(19)9-13/h2-10,20H,11H2,1H3. The van der Waals surface area contributed by atoms with Gasteiger partial charge in [-0.1, -0.05) is 41.9 Å². The summed E-state index contributed by atoms with van der Waals surface area (Å²) in [5, 5.41) is 3.44. The number of benzene rings is 2. The number of hydrogen-bond donors (Lipinski definition) is 1. The third kappa shape index (κ3) is 3.63. The zero-order chi connectivity index (χ0) is 17.1. The highest BCUT2D eigenvalue weighted by Crippen LogP contribution is 2.32. The molecule has 0 atom stereocenters. The van der Waals surface area contributed by atoms with Crippen LogP contribution in [-0.2, 0) is 4.79 Å². The Hall–Kier alpha value is -2.24. The summed E-state index contributed by atoms with van der Waals surface area (Å²) in [7, 11) is 0. The van der Waals surface area contributed by atoms with E-state index in [-0.39, 0.29) is 17.8 Å². The van der Waals surface area contributed by atoms with Gasteiger partial charge in [0.1, 0.15) is 0 Å². The van der Waals surface area contributed by atoms with E-state index in [2.05, 4.69) is 5.32 Å². The number of thioether (sulfide) groups is 1. The number of amides is 2. The molecule has 1 heterocycles. The Kier molecular flexibility index (Phi) is 4.92. The fourth-order valence-electron chi connectivity index (χ4n) is 2.32. The molecule has 3 rings (SSSR count). The molecule has 24 heavy (non-hydrogen) atoms. The summed E-state index contributed by atoms with van der Waals surface area (Å²) in [5.74, 6) is -0.300. The molecule has 2 aromatic carbocycles. The quantitative estimate of drug-likeness (QED) is 0.801.